The van der Waals surface area contributed by atoms with Gasteiger partial charge in [-0.3, -0.25) is 0 Å². The molecule has 0 fully saturated rings. The molecule has 2 nitrogen and oxygen atoms in total. The van der Waals surface area contributed by atoms with E-state index in [1.807, 2.05) is 48.5 Å². The van der Waals surface area contributed by atoms with Crippen molar-refractivity contribution in [3.63, 3.8) is 0 Å². The third-order valence-electron chi connectivity index (χ3n) is 7.84. The number of halogens is 1. The Morgan fingerprint density at radius 2 is 0.891 bits per heavy atom. The third-order valence-corrected chi connectivity index (χ3v) is 8.34. The number of hydrogen-bond acceptors (Lipinski definition) is 2. The minimum atomic E-state index is 0.541. The molecule has 3 heteroatoms. The molecule has 0 amide bonds. The van der Waals surface area contributed by atoms with Gasteiger partial charge in [0.15, 0.2) is 0 Å². The number of nitriles is 1. The molecule has 46 heavy (non-hydrogen) atoms. The number of benzene rings is 7. The fourth-order valence-electron chi connectivity index (χ4n) is 5.68. The van der Waals surface area contributed by atoms with Crippen LogP contribution in [0.1, 0.15) is 27.8 Å². The van der Waals surface area contributed by atoms with Crippen molar-refractivity contribution in [3.8, 4) is 29.8 Å². The summed E-state index contributed by atoms with van der Waals surface area (Å²) in [5.74, 6) is 13.7. The minimum Gasteiger partial charge on any atom is -0.311 e. The van der Waals surface area contributed by atoms with Crippen LogP contribution in [-0.4, -0.2) is 0 Å². The Morgan fingerprint density at radius 3 is 1.39 bits per heavy atom. The Balaban J connectivity index is 1.31. The SMILES string of the molecule is N#Cc1cc(Br)ccc1C#Cc1c2ccccc2c(C#Cc2ccc(N(c3ccccc3)c3ccccc3)cc2)c2ccccc12. The van der Waals surface area contributed by atoms with E-state index in [1.165, 1.54) is 0 Å². The van der Waals surface area contributed by atoms with Crippen LogP contribution in [0.4, 0.5) is 17.1 Å². The molecule has 0 unspecified atom stereocenters. The molecule has 7 aromatic carbocycles. The highest BCUT2D eigenvalue weighted by Gasteiger charge is 2.13. The molecule has 7 aromatic rings. The van der Waals surface area contributed by atoms with Crippen molar-refractivity contribution in [2.45, 2.75) is 0 Å². The van der Waals surface area contributed by atoms with E-state index < -0.39 is 0 Å². The van der Waals surface area contributed by atoms with Crippen molar-refractivity contribution in [1.82, 2.24) is 0 Å². The van der Waals surface area contributed by atoms with Gasteiger partial charge in [-0.1, -0.05) is 125 Å². The highest BCUT2D eigenvalue weighted by molar-refractivity contribution is 9.10. The van der Waals surface area contributed by atoms with Gasteiger partial charge in [0.05, 0.1) is 5.56 Å². The van der Waals surface area contributed by atoms with Crippen LogP contribution in [0.5, 0.6) is 0 Å². The first-order valence-electron chi connectivity index (χ1n) is 14.9. The second-order valence-corrected chi connectivity index (χ2v) is 11.6. The Morgan fingerprint density at radius 1 is 0.435 bits per heavy atom. The topological polar surface area (TPSA) is 27.0 Å². The molecule has 0 aromatic heterocycles. The van der Waals surface area contributed by atoms with Crippen LogP contribution in [0, 0.1) is 35.0 Å². The van der Waals surface area contributed by atoms with Gasteiger partial charge < -0.3 is 4.90 Å². The summed E-state index contributed by atoms with van der Waals surface area (Å²) in [4.78, 5) is 2.24. The standard InChI is InChI=1S/C43H25BrN2/c44-34-24-22-32(33(29-34)30-45)23-28-43-40-17-9-7-15-38(40)42(39-16-8-10-18-41(39)43)27-21-31-19-25-37(26-20-31)46(35-11-3-1-4-12-35)36-13-5-2-6-14-36/h1-20,22,24-26,29H. The number of anilines is 3. The van der Waals surface area contributed by atoms with Crippen LogP contribution in [0.2, 0.25) is 0 Å². The molecule has 7 rings (SSSR count). The molecule has 0 aliphatic heterocycles. The Kier molecular flexibility index (Phi) is 8.05. The van der Waals surface area contributed by atoms with Gasteiger partial charge in [-0.05, 0) is 88.3 Å². The first-order chi connectivity index (χ1) is 22.7. The summed E-state index contributed by atoms with van der Waals surface area (Å²) in [7, 11) is 0. The van der Waals surface area contributed by atoms with Crippen LogP contribution >= 0.6 is 15.9 Å². The van der Waals surface area contributed by atoms with Crippen LogP contribution in [0.15, 0.2) is 156 Å². The van der Waals surface area contributed by atoms with Gasteiger partial charge in [-0.2, -0.15) is 5.26 Å². The van der Waals surface area contributed by atoms with E-state index in [2.05, 4.69) is 148 Å². The smallest absolute Gasteiger partial charge is 0.100 e. The molecule has 0 heterocycles. The molecule has 0 N–H and O–H groups in total. The average Bonchev–Trinajstić information content (AvgIpc) is 3.11. The molecule has 214 valence electrons. The van der Waals surface area contributed by atoms with Gasteiger partial charge in [0, 0.05) is 43.8 Å². The van der Waals surface area contributed by atoms with Crippen molar-refractivity contribution in [2.75, 3.05) is 4.90 Å². The zero-order valence-corrected chi connectivity index (χ0v) is 26.3. The highest BCUT2D eigenvalue weighted by atomic mass is 79.9. The van der Waals surface area contributed by atoms with Gasteiger partial charge in [0.1, 0.15) is 6.07 Å². The average molecular weight is 650 g/mol. The largest absolute Gasteiger partial charge is 0.311 e. The maximum absolute atomic E-state index is 9.66. The molecular formula is C43H25BrN2. The van der Waals surface area contributed by atoms with Crippen LogP contribution in [-0.2, 0) is 0 Å². The van der Waals surface area contributed by atoms with E-state index in [0.29, 0.717) is 11.1 Å². The summed E-state index contributed by atoms with van der Waals surface area (Å²) in [6.45, 7) is 0. The van der Waals surface area contributed by atoms with Crippen molar-refractivity contribution >= 4 is 54.5 Å². The van der Waals surface area contributed by atoms with Crippen LogP contribution < -0.4 is 4.90 Å². The molecule has 0 aliphatic rings. The predicted molar refractivity (Wildman–Crippen MR) is 193 cm³/mol. The first-order valence-corrected chi connectivity index (χ1v) is 15.7. The maximum atomic E-state index is 9.66. The molecule has 0 bridgehead atoms. The van der Waals surface area contributed by atoms with Crippen molar-refractivity contribution < 1.29 is 0 Å². The lowest BCUT2D eigenvalue weighted by atomic mass is 9.91. The summed E-state index contributed by atoms with van der Waals surface area (Å²) >= 11 is 3.45. The fraction of sp³-hybridized carbons (Fsp3) is 0. The molecule has 0 atom stereocenters. The molecule has 0 saturated carbocycles. The van der Waals surface area contributed by atoms with E-state index in [4.69, 9.17) is 0 Å². The van der Waals surface area contributed by atoms with E-state index in [0.717, 1.165) is 59.8 Å². The summed E-state index contributed by atoms with van der Waals surface area (Å²) < 4.78 is 0.854. The van der Waals surface area contributed by atoms with Gasteiger partial charge in [0.2, 0.25) is 0 Å². The van der Waals surface area contributed by atoms with Crippen molar-refractivity contribution in [3.05, 3.63) is 184 Å². The molecule has 0 spiro atoms. The second-order valence-electron chi connectivity index (χ2n) is 10.7. The normalized spacial score (nSPS) is 10.3. The van der Waals surface area contributed by atoms with Crippen molar-refractivity contribution in [2.24, 2.45) is 0 Å². The number of fused-ring (bicyclic) bond motifs is 2. The number of para-hydroxylation sites is 2. The van der Waals surface area contributed by atoms with E-state index in [9.17, 15) is 5.26 Å². The monoisotopic (exact) mass is 648 g/mol. The molecular weight excluding hydrogens is 624 g/mol. The lowest BCUT2D eigenvalue weighted by Crippen LogP contribution is -2.09. The van der Waals surface area contributed by atoms with Gasteiger partial charge in [-0.25, -0.2) is 0 Å². The van der Waals surface area contributed by atoms with Gasteiger partial charge >= 0.3 is 0 Å². The Labute approximate surface area is 277 Å². The zero-order valence-electron chi connectivity index (χ0n) is 24.7. The van der Waals surface area contributed by atoms with E-state index >= 15 is 0 Å². The van der Waals surface area contributed by atoms with Crippen molar-refractivity contribution in [1.29, 1.82) is 5.26 Å². The number of rotatable bonds is 3. The van der Waals surface area contributed by atoms with E-state index in [-0.39, 0.29) is 0 Å². The molecule has 0 aliphatic carbocycles. The molecule has 0 radical (unpaired) electrons. The quantitative estimate of drug-likeness (QED) is 0.141. The zero-order chi connectivity index (χ0) is 31.3. The summed E-state index contributed by atoms with van der Waals surface area (Å²) in [6, 6.07) is 53.6. The highest BCUT2D eigenvalue weighted by Crippen LogP contribution is 2.35. The fourth-order valence-corrected chi connectivity index (χ4v) is 6.04. The number of hydrogen-bond donors (Lipinski definition) is 0. The Hall–Kier alpha value is -6.05. The lowest BCUT2D eigenvalue weighted by molar-refractivity contribution is 1.28. The van der Waals surface area contributed by atoms with Gasteiger partial charge in [-0.15, -0.1) is 0 Å². The first kappa shape index (κ1) is 28.7. The third kappa shape index (κ3) is 5.75. The summed E-state index contributed by atoms with van der Waals surface area (Å²) in [5.41, 5.74) is 7.32. The van der Waals surface area contributed by atoms with E-state index in [1.54, 1.807) is 6.07 Å². The maximum Gasteiger partial charge on any atom is 0.100 e. The van der Waals surface area contributed by atoms with Crippen LogP contribution in [0.25, 0.3) is 21.5 Å². The minimum absolute atomic E-state index is 0.541. The van der Waals surface area contributed by atoms with Crippen LogP contribution in [0.3, 0.4) is 0 Å². The second kappa shape index (κ2) is 12.9. The predicted octanol–water partition coefficient (Wildman–Crippen LogP) is 10.9. The summed E-state index contributed by atoms with van der Waals surface area (Å²) in [5, 5.41) is 13.8. The summed E-state index contributed by atoms with van der Waals surface area (Å²) in [6.07, 6.45) is 0. The lowest BCUT2D eigenvalue weighted by Gasteiger charge is -2.25. The molecule has 0 saturated heterocycles. The van der Waals surface area contributed by atoms with Gasteiger partial charge in [0.25, 0.3) is 0 Å². The number of nitrogens with zero attached hydrogens (tertiary/aromatic N) is 2. The Bertz CT molecular complexity index is 2290.